The van der Waals surface area contributed by atoms with Gasteiger partial charge >= 0.3 is 0 Å². The Kier molecular flexibility index (Phi) is 3.86. The number of hydrogen-bond acceptors (Lipinski definition) is 7. The van der Waals surface area contributed by atoms with Crippen LogP contribution in [0.2, 0.25) is 0 Å². The lowest BCUT2D eigenvalue weighted by Crippen LogP contribution is -2.14. The molecular formula is C13H12N6O3S. The molecule has 0 saturated heterocycles. The molecule has 0 aliphatic carbocycles. The van der Waals surface area contributed by atoms with Gasteiger partial charge in [-0.2, -0.15) is 0 Å². The summed E-state index contributed by atoms with van der Waals surface area (Å²) in [6.07, 6.45) is 1.53. The van der Waals surface area contributed by atoms with Crippen molar-refractivity contribution < 1.29 is 13.5 Å². The van der Waals surface area contributed by atoms with Crippen LogP contribution in [0.5, 0.6) is 0 Å². The van der Waals surface area contributed by atoms with E-state index in [-0.39, 0.29) is 22.9 Å². The summed E-state index contributed by atoms with van der Waals surface area (Å²) < 4.78 is 23.8. The summed E-state index contributed by atoms with van der Waals surface area (Å²) in [5.74, 6) is 0.177. The van der Waals surface area contributed by atoms with Crippen molar-refractivity contribution in [2.75, 3.05) is 0 Å². The number of aromatic nitrogens is 5. The third-order valence-electron chi connectivity index (χ3n) is 3.21. The van der Waals surface area contributed by atoms with Gasteiger partial charge in [-0.25, -0.2) is 18.7 Å². The number of hydrogen-bond donors (Lipinski definition) is 3. The Morgan fingerprint density at radius 1 is 1.22 bits per heavy atom. The van der Waals surface area contributed by atoms with Crippen molar-refractivity contribution in [3.05, 3.63) is 42.2 Å². The smallest absolute Gasteiger partial charge is 0.238 e. The maximum absolute atomic E-state index is 11.9. The Hall–Kier alpha value is -2.69. The van der Waals surface area contributed by atoms with Crippen LogP contribution >= 0.6 is 0 Å². The predicted octanol–water partition coefficient (Wildman–Crippen LogP) is 0.0684. The van der Waals surface area contributed by atoms with Gasteiger partial charge < -0.3 is 5.11 Å². The average molecular weight is 332 g/mol. The van der Waals surface area contributed by atoms with Crippen molar-refractivity contribution in [2.45, 2.75) is 11.5 Å². The standard InChI is InChI=1S/C13H12N6O3S/c14-23(21,22)11-3-1-2-10(12(11)13-16-18-19-17-13)8-4-5-9(7-20)15-6-8/h1-6,20H,7H2,(H2,14,21,22)(H,16,17,18,19). The number of sulfonamides is 1. The monoisotopic (exact) mass is 332 g/mol. The Morgan fingerprint density at radius 2 is 2.04 bits per heavy atom. The Morgan fingerprint density at radius 3 is 2.61 bits per heavy atom. The quantitative estimate of drug-likeness (QED) is 0.612. The zero-order valence-corrected chi connectivity index (χ0v) is 12.5. The zero-order valence-electron chi connectivity index (χ0n) is 11.7. The number of aliphatic hydroxyl groups excluding tert-OH is 1. The highest BCUT2D eigenvalue weighted by molar-refractivity contribution is 7.89. The van der Waals surface area contributed by atoms with Crippen LogP contribution in [0.4, 0.5) is 0 Å². The third-order valence-corrected chi connectivity index (χ3v) is 4.17. The Bertz CT molecular complexity index is 923. The van der Waals surface area contributed by atoms with E-state index in [1.807, 2.05) is 0 Å². The largest absolute Gasteiger partial charge is 0.390 e. The number of pyridine rings is 1. The van der Waals surface area contributed by atoms with Crippen LogP contribution in [0.15, 0.2) is 41.4 Å². The van der Waals surface area contributed by atoms with Gasteiger partial charge in [0.05, 0.1) is 17.2 Å². The molecule has 0 saturated carbocycles. The van der Waals surface area contributed by atoms with Gasteiger partial charge in [0.2, 0.25) is 10.0 Å². The first-order valence-corrected chi connectivity index (χ1v) is 8.01. The molecule has 4 N–H and O–H groups in total. The molecule has 9 nitrogen and oxygen atoms in total. The Balaban J connectivity index is 2.28. The SMILES string of the molecule is NS(=O)(=O)c1cccc(-c2ccc(CO)nc2)c1-c1nnn[nH]1. The second-order valence-corrected chi connectivity index (χ2v) is 6.20. The Labute approximate surface area is 131 Å². The zero-order chi connectivity index (χ0) is 16.4. The predicted molar refractivity (Wildman–Crippen MR) is 80.1 cm³/mol. The number of H-pyrrole nitrogens is 1. The van der Waals surface area contributed by atoms with E-state index in [0.717, 1.165) is 0 Å². The van der Waals surface area contributed by atoms with Crippen molar-refractivity contribution in [1.29, 1.82) is 0 Å². The number of nitrogens with two attached hydrogens (primary N) is 1. The fourth-order valence-electron chi connectivity index (χ4n) is 2.20. The van der Waals surface area contributed by atoms with Crippen LogP contribution in [0.3, 0.4) is 0 Å². The van der Waals surface area contributed by atoms with Gasteiger partial charge in [-0.1, -0.05) is 18.2 Å². The van der Waals surface area contributed by atoms with Crippen molar-refractivity contribution in [3.8, 4) is 22.5 Å². The average Bonchev–Trinajstić information content (AvgIpc) is 3.07. The lowest BCUT2D eigenvalue weighted by Gasteiger charge is -2.11. The molecule has 0 bridgehead atoms. The second-order valence-electron chi connectivity index (χ2n) is 4.67. The van der Waals surface area contributed by atoms with Crippen molar-refractivity contribution in [3.63, 3.8) is 0 Å². The van der Waals surface area contributed by atoms with Crippen molar-refractivity contribution >= 4 is 10.0 Å². The number of nitrogens with one attached hydrogen (secondary N) is 1. The van der Waals surface area contributed by atoms with E-state index in [1.54, 1.807) is 24.3 Å². The number of nitrogens with zero attached hydrogens (tertiary/aromatic N) is 4. The van der Waals surface area contributed by atoms with Crippen molar-refractivity contribution in [2.24, 2.45) is 5.14 Å². The van der Waals surface area contributed by atoms with E-state index >= 15 is 0 Å². The number of aliphatic hydroxyl groups is 1. The maximum Gasteiger partial charge on any atom is 0.238 e. The van der Waals surface area contributed by atoms with Gasteiger partial charge in [0, 0.05) is 17.3 Å². The molecule has 0 unspecified atom stereocenters. The topological polar surface area (TPSA) is 148 Å². The fourth-order valence-corrected chi connectivity index (χ4v) is 2.95. The van der Waals surface area contributed by atoms with E-state index in [4.69, 9.17) is 10.2 Å². The molecule has 0 atom stereocenters. The number of rotatable bonds is 4. The molecule has 0 amide bonds. The molecule has 0 aliphatic heterocycles. The van der Waals surface area contributed by atoms with Crippen LogP contribution in [-0.2, 0) is 16.6 Å². The highest BCUT2D eigenvalue weighted by atomic mass is 32.2. The van der Waals surface area contributed by atoms with Crippen LogP contribution in [0.25, 0.3) is 22.5 Å². The summed E-state index contributed by atoms with van der Waals surface area (Å²) in [4.78, 5) is 4.00. The van der Waals surface area contributed by atoms with Gasteiger partial charge in [-0.15, -0.1) is 5.10 Å². The highest BCUT2D eigenvalue weighted by Crippen LogP contribution is 2.34. The van der Waals surface area contributed by atoms with E-state index in [2.05, 4.69) is 25.6 Å². The molecule has 3 aromatic rings. The lowest BCUT2D eigenvalue weighted by atomic mass is 10.0. The highest BCUT2D eigenvalue weighted by Gasteiger charge is 2.21. The van der Waals surface area contributed by atoms with E-state index in [0.29, 0.717) is 16.8 Å². The molecule has 0 spiro atoms. The first-order valence-electron chi connectivity index (χ1n) is 6.47. The molecule has 0 aliphatic rings. The van der Waals surface area contributed by atoms with Gasteiger partial charge in [-0.3, -0.25) is 4.98 Å². The molecular weight excluding hydrogens is 320 g/mol. The van der Waals surface area contributed by atoms with E-state index in [9.17, 15) is 8.42 Å². The normalized spacial score (nSPS) is 11.6. The number of benzene rings is 1. The van der Waals surface area contributed by atoms with Crippen molar-refractivity contribution in [1.82, 2.24) is 25.6 Å². The first-order chi connectivity index (χ1) is 11.0. The molecule has 0 radical (unpaired) electrons. The first kappa shape index (κ1) is 15.2. The van der Waals surface area contributed by atoms with E-state index < -0.39 is 10.0 Å². The summed E-state index contributed by atoms with van der Waals surface area (Å²) in [7, 11) is -3.98. The number of aromatic amines is 1. The molecule has 1 aromatic carbocycles. The maximum atomic E-state index is 11.9. The third kappa shape index (κ3) is 2.95. The minimum absolute atomic E-state index is 0.0974. The van der Waals surface area contributed by atoms with Crippen LogP contribution < -0.4 is 5.14 Å². The van der Waals surface area contributed by atoms with Gasteiger partial charge in [0.15, 0.2) is 5.82 Å². The van der Waals surface area contributed by atoms with Crippen LogP contribution in [-0.4, -0.2) is 39.1 Å². The number of primary sulfonamides is 1. The summed E-state index contributed by atoms with van der Waals surface area (Å²) in [5.41, 5.74) is 1.95. The summed E-state index contributed by atoms with van der Waals surface area (Å²) in [6.45, 7) is -0.184. The van der Waals surface area contributed by atoms with Gasteiger partial charge in [0.1, 0.15) is 0 Å². The molecule has 23 heavy (non-hydrogen) atoms. The molecule has 2 heterocycles. The summed E-state index contributed by atoms with van der Waals surface area (Å²) >= 11 is 0. The molecule has 3 rings (SSSR count). The second kappa shape index (κ2) is 5.83. The summed E-state index contributed by atoms with van der Waals surface area (Å²) in [5, 5.41) is 27.6. The fraction of sp³-hybridized carbons (Fsp3) is 0.0769. The van der Waals surface area contributed by atoms with Gasteiger partial charge in [-0.05, 0) is 28.1 Å². The van der Waals surface area contributed by atoms with E-state index in [1.165, 1.54) is 12.3 Å². The molecule has 10 heteroatoms. The molecule has 2 aromatic heterocycles. The van der Waals surface area contributed by atoms with Crippen LogP contribution in [0.1, 0.15) is 5.69 Å². The summed E-state index contributed by atoms with van der Waals surface area (Å²) in [6, 6.07) is 8.02. The van der Waals surface area contributed by atoms with Crippen LogP contribution in [0, 0.1) is 0 Å². The minimum atomic E-state index is -3.98. The minimum Gasteiger partial charge on any atom is -0.390 e. The lowest BCUT2D eigenvalue weighted by molar-refractivity contribution is 0.277. The molecule has 118 valence electrons. The molecule has 0 fully saturated rings. The van der Waals surface area contributed by atoms with Gasteiger partial charge in [0.25, 0.3) is 0 Å². The number of tetrazole rings is 1.